The Balaban J connectivity index is 2.37. The highest BCUT2D eigenvalue weighted by Gasteiger charge is 2.04. The number of ether oxygens (including phenoxy) is 1. The van der Waals surface area contributed by atoms with E-state index in [9.17, 15) is 4.79 Å². The molecule has 19 heavy (non-hydrogen) atoms. The fraction of sp³-hybridized carbons (Fsp3) is 0.471. The lowest BCUT2D eigenvalue weighted by molar-refractivity contribution is -0.139. The molecule has 1 aromatic rings. The van der Waals surface area contributed by atoms with Gasteiger partial charge in [-0.1, -0.05) is 42.8 Å². The lowest BCUT2D eigenvalue weighted by Crippen LogP contribution is -2.01. The van der Waals surface area contributed by atoms with E-state index < -0.39 is 0 Å². The molecule has 2 nitrogen and oxygen atoms in total. The molecule has 0 saturated carbocycles. The van der Waals surface area contributed by atoms with E-state index in [1.807, 2.05) is 6.92 Å². The second-order valence-corrected chi connectivity index (χ2v) is 5.22. The first kappa shape index (κ1) is 15.5. The third kappa shape index (κ3) is 6.23. The van der Waals surface area contributed by atoms with Gasteiger partial charge in [0.15, 0.2) is 0 Å². The van der Waals surface area contributed by atoms with Crippen molar-refractivity contribution in [3.8, 4) is 0 Å². The summed E-state index contributed by atoms with van der Waals surface area (Å²) in [6, 6.07) is 8.73. The van der Waals surface area contributed by atoms with Crippen LogP contribution in [-0.2, 0) is 9.53 Å². The Morgan fingerprint density at radius 3 is 2.47 bits per heavy atom. The summed E-state index contributed by atoms with van der Waals surface area (Å²) < 4.78 is 4.95. The molecule has 1 aromatic carbocycles. The number of allylic oxidation sites excluding steroid dienone is 1. The predicted molar refractivity (Wildman–Crippen MR) is 79.2 cm³/mol. The van der Waals surface area contributed by atoms with Crippen molar-refractivity contribution >= 4 is 5.97 Å². The van der Waals surface area contributed by atoms with Crippen molar-refractivity contribution in [1.29, 1.82) is 0 Å². The van der Waals surface area contributed by atoms with Gasteiger partial charge in [0.05, 0.1) is 0 Å². The Morgan fingerprint density at radius 2 is 1.89 bits per heavy atom. The molecule has 0 N–H and O–H groups in total. The Labute approximate surface area is 116 Å². The molecule has 1 atom stereocenters. The summed E-state index contributed by atoms with van der Waals surface area (Å²) in [5, 5.41) is 0. The average molecular weight is 260 g/mol. The third-order valence-electron chi connectivity index (χ3n) is 3.24. The van der Waals surface area contributed by atoms with Crippen LogP contribution >= 0.6 is 0 Å². The van der Waals surface area contributed by atoms with Gasteiger partial charge < -0.3 is 4.74 Å². The summed E-state index contributed by atoms with van der Waals surface area (Å²) in [4.78, 5) is 10.7. The summed E-state index contributed by atoms with van der Waals surface area (Å²) in [5.41, 5.74) is 3.80. The molecule has 0 aliphatic heterocycles. The van der Waals surface area contributed by atoms with Gasteiger partial charge in [0.2, 0.25) is 0 Å². The summed E-state index contributed by atoms with van der Waals surface area (Å²) in [7, 11) is 0. The Bertz CT molecular complexity index is 429. The molecule has 0 radical (unpaired) electrons. The molecule has 0 saturated heterocycles. The largest absolute Gasteiger partial charge is 0.461 e. The number of carbonyl (C=O) groups is 1. The molecular formula is C17H24O2. The van der Waals surface area contributed by atoms with Crippen LogP contribution in [0.4, 0.5) is 0 Å². The maximum Gasteiger partial charge on any atom is 0.302 e. The van der Waals surface area contributed by atoms with E-state index in [1.54, 1.807) is 0 Å². The van der Waals surface area contributed by atoms with E-state index in [2.05, 4.69) is 44.2 Å². The first-order valence-corrected chi connectivity index (χ1v) is 6.84. The van der Waals surface area contributed by atoms with E-state index in [0.717, 1.165) is 18.4 Å². The second-order valence-electron chi connectivity index (χ2n) is 5.22. The molecule has 1 rings (SSSR count). The molecule has 2 heteroatoms. The van der Waals surface area contributed by atoms with Crippen molar-refractivity contribution in [2.45, 2.75) is 46.5 Å². The van der Waals surface area contributed by atoms with Crippen molar-refractivity contribution in [1.82, 2.24) is 0 Å². The average Bonchev–Trinajstić information content (AvgIpc) is 2.37. The molecule has 104 valence electrons. The molecule has 0 fully saturated rings. The fourth-order valence-electron chi connectivity index (χ4n) is 1.92. The molecule has 0 amide bonds. The van der Waals surface area contributed by atoms with E-state index in [4.69, 9.17) is 4.74 Å². The van der Waals surface area contributed by atoms with E-state index >= 15 is 0 Å². The SMILES string of the molecule is CC(=O)OCC(C)=CCCC(C)c1ccc(C)cc1. The first-order chi connectivity index (χ1) is 8.99. The topological polar surface area (TPSA) is 26.3 Å². The molecule has 0 bridgehead atoms. The van der Waals surface area contributed by atoms with Crippen molar-refractivity contribution < 1.29 is 9.53 Å². The van der Waals surface area contributed by atoms with Gasteiger partial charge in [-0.15, -0.1) is 0 Å². The minimum absolute atomic E-state index is 0.222. The van der Waals surface area contributed by atoms with Gasteiger partial charge in [0.25, 0.3) is 0 Å². The zero-order valence-electron chi connectivity index (χ0n) is 12.4. The molecular weight excluding hydrogens is 236 g/mol. The van der Waals surface area contributed by atoms with Crippen LogP contribution in [0.5, 0.6) is 0 Å². The smallest absolute Gasteiger partial charge is 0.302 e. The van der Waals surface area contributed by atoms with Crippen molar-refractivity contribution in [2.24, 2.45) is 0 Å². The Hall–Kier alpha value is -1.57. The second kappa shape index (κ2) is 7.78. The van der Waals surface area contributed by atoms with E-state index in [-0.39, 0.29) is 5.97 Å². The number of benzene rings is 1. The van der Waals surface area contributed by atoms with Crippen LogP contribution in [0.3, 0.4) is 0 Å². The number of carbonyl (C=O) groups excluding carboxylic acids is 1. The first-order valence-electron chi connectivity index (χ1n) is 6.84. The zero-order chi connectivity index (χ0) is 14.3. The van der Waals surface area contributed by atoms with Gasteiger partial charge in [-0.3, -0.25) is 4.79 Å². The van der Waals surface area contributed by atoms with Gasteiger partial charge in [-0.25, -0.2) is 0 Å². The molecule has 0 spiro atoms. The number of hydrogen-bond acceptors (Lipinski definition) is 2. The lowest BCUT2D eigenvalue weighted by atomic mass is 9.95. The van der Waals surface area contributed by atoms with Crippen LogP contribution in [0.2, 0.25) is 0 Å². The monoisotopic (exact) mass is 260 g/mol. The highest BCUT2D eigenvalue weighted by atomic mass is 16.5. The van der Waals surface area contributed by atoms with Gasteiger partial charge in [0.1, 0.15) is 6.61 Å². The van der Waals surface area contributed by atoms with E-state index in [0.29, 0.717) is 12.5 Å². The van der Waals surface area contributed by atoms with Crippen molar-refractivity contribution in [2.75, 3.05) is 6.61 Å². The minimum Gasteiger partial charge on any atom is -0.461 e. The van der Waals surface area contributed by atoms with Crippen LogP contribution in [-0.4, -0.2) is 12.6 Å². The predicted octanol–water partition coefficient (Wildman–Crippen LogP) is 4.39. The summed E-state index contributed by atoms with van der Waals surface area (Å²) >= 11 is 0. The maximum absolute atomic E-state index is 10.7. The van der Waals surface area contributed by atoms with Crippen LogP contribution < -0.4 is 0 Å². The number of hydrogen-bond donors (Lipinski definition) is 0. The van der Waals surface area contributed by atoms with Gasteiger partial charge in [0, 0.05) is 6.92 Å². The summed E-state index contributed by atoms with van der Waals surface area (Å²) in [6.45, 7) is 8.20. The van der Waals surface area contributed by atoms with Gasteiger partial charge in [-0.05, 0) is 43.7 Å². The van der Waals surface area contributed by atoms with Gasteiger partial charge in [-0.2, -0.15) is 0 Å². The Kier molecular flexibility index (Phi) is 6.34. The van der Waals surface area contributed by atoms with Crippen molar-refractivity contribution in [3.05, 3.63) is 47.0 Å². The number of aryl methyl sites for hydroxylation is 1. The van der Waals surface area contributed by atoms with Crippen LogP contribution in [0.1, 0.15) is 50.7 Å². The third-order valence-corrected chi connectivity index (χ3v) is 3.24. The number of rotatable bonds is 6. The highest BCUT2D eigenvalue weighted by Crippen LogP contribution is 2.21. The molecule has 0 aliphatic rings. The van der Waals surface area contributed by atoms with Crippen LogP contribution in [0, 0.1) is 6.92 Å². The Morgan fingerprint density at radius 1 is 1.26 bits per heavy atom. The van der Waals surface area contributed by atoms with Crippen LogP contribution in [0.15, 0.2) is 35.9 Å². The standard InChI is InChI=1S/C17H24O2/c1-13-8-10-17(11-9-13)15(3)7-5-6-14(2)12-19-16(4)18/h6,8-11,15H,5,7,12H2,1-4H3. The fourth-order valence-corrected chi connectivity index (χ4v) is 1.92. The summed E-state index contributed by atoms with van der Waals surface area (Å²) in [5.74, 6) is 0.333. The van der Waals surface area contributed by atoms with Crippen molar-refractivity contribution in [3.63, 3.8) is 0 Å². The molecule has 0 aliphatic carbocycles. The minimum atomic E-state index is -0.222. The lowest BCUT2D eigenvalue weighted by Gasteiger charge is -2.11. The molecule has 0 aromatic heterocycles. The van der Waals surface area contributed by atoms with Crippen LogP contribution in [0.25, 0.3) is 0 Å². The normalized spacial score (nSPS) is 13.2. The quantitative estimate of drug-likeness (QED) is 0.560. The highest BCUT2D eigenvalue weighted by molar-refractivity contribution is 5.66. The maximum atomic E-state index is 10.7. The summed E-state index contributed by atoms with van der Waals surface area (Å²) in [6.07, 6.45) is 4.29. The van der Waals surface area contributed by atoms with E-state index in [1.165, 1.54) is 18.1 Å². The number of esters is 1. The molecule has 0 heterocycles. The van der Waals surface area contributed by atoms with Gasteiger partial charge >= 0.3 is 5.97 Å². The zero-order valence-corrected chi connectivity index (χ0v) is 12.4. The molecule has 1 unspecified atom stereocenters.